The molecule has 0 fully saturated rings. The second-order valence-electron chi connectivity index (χ2n) is 5.58. The average Bonchev–Trinajstić information content (AvgIpc) is 2.55. The molecule has 128 valence electrons. The molecule has 0 unspecified atom stereocenters. The van der Waals surface area contributed by atoms with Crippen LogP contribution in [0.2, 0.25) is 5.02 Å². The van der Waals surface area contributed by atoms with Gasteiger partial charge in [-0.15, -0.1) is 0 Å². The first kappa shape index (κ1) is 17.1. The predicted octanol–water partition coefficient (Wildman–Crippen LogP) is 5.51. The zero-order valence-corrected chi connectivity index (χ0v) is 14.3. The molecular weight excluding hydrogens is 346 g/mol. The standard InChI is InChI=1S/C18H15ClF2N4/c1-10-7-11(2)17(13(19)8-10)25-18-22-6-5-16(24-18)23-12-3-4-14(20)15(21)9-12/h3-9H,1-2H3,(H2,22,23,24,25). The average molecular weight is 361 g/mol. The number of nitrogens with one attached hydrogen (secondary N) is 2. The summed E-state index contributed by atoms with van der Waals surface area (Å²) >= 11 is 6.28. The highest BCUT2D eigenvalue weighted by atomic mass is 35.5. The Morgan fingerprint density at radius 2 is 1.76 bits per heavy atom. The highest BCUT2D eigenvalue weighted by Crippen LogP contribution is 2.29. The smallest absolute Gasteiger partial charge is 0.229 e. The van der Waals surface area contributed by atoms with Gasteiger partial charge in [0.2, 0.25) is 5.95 Å². The van der Waals surface area contributed by atoms with Crippen LogP contribution < -0.4 is 10.6 Å². The van der Waals surface area contributed by atoms with E-state index in [0.717, 1.165) is 28.9 Å². The minimum Gasteiger partial charge on any atom is -0.340 e. The van der Waals surface area contributed by atoms with Crippen LogP contribution in [0.4, 0.5) is 31.9 Å². The van der Waals surface area contributed by atoms with Crippen molar-refractivity contribution in [2.75, 3.05) is 10.6 Å². The molecule has 25 heavy (non-hydrogen) atoms. The Balaban J connectivity index is 1.83. The summed E-state index contributed by atoms with van der Waals surface area (Å²) < 4.78 is 26.3. The lowest BCUT2D eigenvalue weighted by molar-refractivity contribution is 0.509. The maximum atomic E-state index is 13.3. The summed E-state index contributed by atoms with van der Waals surface area (Å²) in [5.41, 5.74) is 3.13. The molecule has 4 nitrogen and oxygen atoms in total. The molecular formula is C18H15ClF2N4. The zero-order chi connectivity index (χ0) is 18.0. The van der Waals surface area contributed by atoms with Gasteiger partial charge in [0, 0.05) is 18.0 Å². The van der Waals surface area contributed by atoms with Crippen molar-refractivity contribution in [1.29, 1.82) is 0 Å². The summed E-state index contributed by atoms with van der Waals surface area (Å²) in [6, 6.07) is 9.00. The quantitative estimate of drug-likeness (QED) is 0.644. The highest BCUT2D eigenvalue weighted by Gasteiger charge is 2.09. The van der Waals surface area contributed by atoms with E-state index < -0.39 is 11.6 Å². The molecule has 7 heteroatoms. The molecule has 0 saturated heterocycles. The van der Waals surface area contributed by atoms with Crippen LogP contribution in [-0.4, -0.2) is 9.97 Å². The lowest BCUT2D eigenvalue weighted by Crippen LogP contribution is -2.02. The Labute approximate surface area is 148 Å². The maximum Gasteiger partial charge on any atom is 0.229 e. The van der Waals surface area contributed by atoms with Crippen molar-refractivity contribution in [1.82, 2.24) is 9.97 Å². The maximum absolute atomic E-state index is 13.3. The van der Waals surface area contributed by atoms with Crippen molar-refractivity contribution in [2.24, 2.45) is 0 Å². The summed E-state index contributed by atoms with van der Waals surface area (Å²) in [5, 5.41) is 6.56. The Bertz CT molecular complexity index is 908. The van der Waals surface area contributed by atoms with E-state index >= 15 is 0 Å². The molecule has 0 radical (unpaired) electrons. The van der Waals surface area contributed by atoms with E-state index in [1.807, 2.05) is 26.0 Å². The first-order valence-corrected chi connectivity index (χ1v) is 7.89. The van der Waals surface area contributed by atoms with Crippen molar-refractivity contribution in [3.05, 3.63) is 70.4 Å². The van der Waals surface area contributed by atoms with Crippen molar-refractivity contribution in [3.63, 3.8) is 0 Å². The first-order chi connectivity index (χ1) is 11.9. The lowest BCUT2D eigenvalue weighted by atomic mass is 10.1. The molecule has 0 spiro atoms. The van der Waals surface area contributed by atoms with E-state index in [-0.39, 0.29) is 0 Å². The molecule has 1 aromatic heterocycles. The third kappa shape index (κ3) is 4.03. The number of hydrogen-bond acceptors (Lipinski definition) is 4. The number of benzene rings is 2. The number of anilines is 4. The fourth-order valence-corrected chi connectivity index (χ4v) is 2.76. The summed E-state index contributed by atoms with van der Waals surface area (Å²) in [5.74, 6) is -1.06. The summed E-state index contributed by atoms with van der Waals surface area (Å²) in [6.07, 6.45) is 1.55. The molecule has 0 aliphatic rings. The Hall–Kier alpha value is -2.73. The first-order valence-electron chi connectivity index (χ1n) is 7.51. The van der Waals surface area contributed by atoms with Crippen molar-refractivity contribution < 1.29 is 8.78 Å². The summed E-state index contributed by atoms with van der Waals surface area (Å²) in [6.45, 7) is 3.90. The molecule has 2 aromatic carbocycles. The number of nitrogens with zero attached hydrogens (tertiary/aromatic N) is 2. The second kappa shape index (κ2) is 7.03. The zero-order valence-electron chi connectivity index (χ0n) is 13.6. The predicted molar refractivity (Wildman–Crippen MR) is 95.9 cm³/mol. The number of halogens is 3. The number of aromatic nitrogens is 2. The van der Waals surface area contributed by atoms with Gasteiger partial charge in [-0.3, -0.25) is 0 Å². The van der Waals surface area contributed by atoms with Crippen molar-refractivity contribution >= 4 is 34.7 Å². The van der Waals surface area contributed by atoms with Gasteiger partial charge in [-0.1, -0.05) is 17.7 Å². The van der Waals surface area contributed by atoms with E-state index in [1.165, 1.54) is 6.07 Å². The molecule has 1 heterocycles. The highest BCUT2D eigenvalue weighted by molar-refractivity contribution is 6.33. The van der Waals surface area contributed by atoms with Gasteiger partial charge in [0.25, 0.3) is 0 Å². The molecule has 3 aromatic rings. The third-order valence-electron chi connectivity index (χ3n) is 3.52. The largest absolute Gasteiger partial charge is 0.340 e. The van der Waals surface area contributed by atoms with Crippen molar-refractivity contribution in [2.45, 2.75) is 13.8 Å². The van der Waals surface area contributed by atoms with Gasteiger partial charge in [-0.25, -0.2) is 13.8 Å². The van der Waals surface area contributed by atoms with Crippen LogP contribution in [0.25, 0.3) is 0 Å². The van der Waals surface area contributed by atoms with E-state index in [2.05, 4.69) is 20.6 Å². The lowest BCUT2D eigenvalue weighted by Gasteiger charge is -2.12. The van der Waals surface area contributed by atoms with Gasteiger partial charge in [0.15, 0.2) is 11.6 Å². The van der Waals surface area contributed by atoms with Gasteiger partial charge in [0.05, 0.1) is 10.7 Å². The van der Waals surface area contributed by atoms with Crippen LogP contribution in [-0.2, 0) is 0 Å². The van der Waals surface area contributed by atoms with Crippen LogP contribution >= 0.6 is 11.6 Å². The monoisotopic (exact) mass is 360 g/mol. The van der Waals surface area contributed by atoms with Gasteiger partial charge in [0.1, 0.15) is 5.82 Å². The van der Waals surface area contributed by atoms with Crippen LogP contribution in [0.1, 0.15) is 11.1 Å². The van der Waals surface area contributed by atoms with E-state index in [4.69, 9.17) is 11.6 Å². The van der Waals surface area contributed by atoms with Crippen LogP contribution in [0.15, 0.2) is 42.6 Å². The van der Waals surface area contributed by atoms with Crippen molar-refractivity contribution in [3.8, 4) is 0 Å². The van der Waals surface area contributed by atoms with E-state index in [9.17, 15) is 8.78 Å². The van der Waals surface area contributed by atoms with Gasteiger partial charge < -0.3 is 10.6 Å². The van der Waals surface area contributed by atoms with Crippen LogP contribution in [0.3, 0.4) is 0 Å². The minimum absolute atomic E-state index is 0.335. The van der Waals surface area contributed by atoms with Crippen LogP contribution in [0, 0.1) is 25.5 Å². The fourth-order valence-electron chi connectivity index (χ4n) is 2.40. The summed E-state index contributed by atoms with van der Waals surface area (Å²) in [4.78, 5) is 8.47. The third-order valence-corrected chi connectivity index (χ3v) is 3.81. The molecule has 0 amide bonds. The molecule has 2 N–H and O–H groups in total. The Kier molecular flexibility index (Phi) is 4.81. The minimum atomic E-state index is -0.931. The van der Waals surface area contributed by atoms with Gasteiger partial charge in [-0.2, -0.15) is 4.98 Å². The molecule has 0 aliphatic carbocycles. The van der Waals surface area contributed by atoms with Gasteiger partial charge in [-0.05, 0) is 49.2 Å². The molecule has 0 saturated carbocycles. The number of rotatable bonds is 4. The van der Waals surface area contributed by atoms with Gasteiger partial charge >= 0.3 is 0 Å². The molecule has 3 rings (SSSR count). The number of aryl methyl sites for hydroxylation is 2. The number of hydrogen-bond donors (Lipinski definition) is 2. The molecule has 0 atom stereocenters. The van der Waals surface area contributed by atoms with E-state index in [0.29, 0.717) is 22.5 Å². The Morgan fingerprint density at radius 3 is 2.48 bits per heavy atom. The normalized spacial score (nSPS) is 10.6. The Morgan fingerprint density at radius 1 is 0.960 bits per heavy atom. The SMILES string of the molecule is Cc1cc(C)c(Nc2nccc(Nc3ccc(F)c(F)c3)n2)c(Cl)c1. The second-order valence-corrected chi connectivity index (χ2v) is 5.99. The fraction of sp³-hybridized carbons (Fsp3) is 0.111. The molecule has 0 bridgehead atoms. The topological polar surface area (TPSA) is 49.8 Å². The van der Waals surface area contributed by atoms with E-state index in [1.54, 1.807) is 12.3 Å². The molecule has 0 aliphatic heterocycles. The summed E-state index contributed by atoms with van der Waals surface area (Å²) in [7, 11) is 0. The van der Waals surface area contributed by atoms with Crippen LogP contribution in [0.5, 0.6) is 0 Å².